The van der Waals surface area contributed by atoms with E-state index < -0.39 is 0 Å². The van der Waals surface area contributed by atoms with Crippen LogP contribution in [-0.4, -0.2) is 13.1 Å². The molecule has 0 saturated heterocycles. The van der Waals surface area contributed by atoms with Crippen LogP contribution in [0.25, 0.3) is 0 Å². The maximum atomic E-state index is 3.42. The van der Waals surface area contributed by atoms with Crippen LogP contribution >= 0.6 is 9.39 Å². The Morgan fingerprint density at radius 3 is 2.85 bits per heavy atom. The summed E-state index contributed by atoms with van der Waals surface area (Å²) < 4.78 is 0. The fourth-order valence-corrected chi connectivity index (χ4v) is 1.83. The molecule has 74 valence electrons. The molecule has 2 nitrogen and oxygen atoms in total. The highest BCUT2D eigenvalue weighted by atomic mass is 31.0. The van der Waals surface area contributed by atoms with Crippen molar-refractivity contribution in [1.29, 1.82) is 0 Å². The second-order valence-electron chi connectivity index (χ2n) is 3.45. The van der Waals surface area contributed by atoms with Crippen molar-refractivity contribution in [3.05, 3.63) is 22.4 Å². The van der Waals surface area contributed by atoms with Crippen LogP contribution in [0.5, 0.6) is 0 Å². The predicted molar refractivity (Wildman–Crippen MR) is 61.4 cm³/mol. The zero-order chi connectivity index (χ0) is 9.84. The van der Waals surface area contributed by atoms with Gasteiger partial charge in [0.2, 0.25) is 0 Å². The number of hydrogen-bond acceptors (Lipinski definition) is 2. The standard InChI is InChI=1S/C10H19N2P/c1-4-7(2)9-5-11-10(6-12-13)8(9)3/h11-12H,4-6,13H2,1-3H3/b9-7-. The maximum Gasteiger partial charge on any atom is 0.0401 e. The molecule has 1 heterocycles. The summed E-state index contributed by atoms with van der Waals surface area (Å²) in [5.74, 6) is 0. The minimum absolute atomic E-state index is 0.914. The third-order valence-corrected chi connectivity index (χ3v) is 2.91. The lowest BCUT2D eigenvalue weighted by molar-refractivity contribution is 0.864. The van der Waals surface area contributed by atoms with Crippen LogP contribution in [-0.2, 0) is 0 Å². The maximum absolute atomic E-state index is 3.42. The largest absolute Gasteiger partial charge is 0.383 e. The molecule has 13 heavy (non-hydrogen) atoms. The van der Waals surface area contributed by atoms with E-state index in [-0.39, 0.29) is 0 Å². The van der Waals surface area contributed by atoms with Crippen molar-refractivity contribution in [3.8, 4) is 0 Å². The van der Waals surface area contributed by atoms with Gasteiger partial charge in [-0.15, -0.1) is 0 Å². The van der Waals surface area contributed by atoms with Gasteiger partial charge in [0.15, 0.2) is 0 Å². The van der Waals surface area contributed by atoms with Gasteiger partial charge in [-0.3, -0.25) is 5.09 Å². The van der Waals surface area contributed by atoms with Crippen LogP contribution in [0.4, 0.5) is 0 Å². The third-order valence-electron chi connectivity index (χ3n) is 2.71. The summed E-state index contributed by atoms with van der Waals surface area (Å²) in [7, 11) is 2.53. The molecule has 0 fully saturated rings. The Morgan fingerprint density at radius 1 is 1.62 bits per heavy atom. The molecular formula is C10H19N2P. The Bertz CT molecular complexity index is 254. The minimum Gasteiger partial charge on any atom is -0.383 e. The van der Waals surface area contributed by atoms with E-state index in [1.54, 1.807) is 0 Å². The topological polar surface area (TPSA) is 24.1 Å². The average Bonchev–Trinajstić information content (AvgIpc) is 2.48. The lowest BCUT2D eigenvalue weighted by Gasteiger charge is -2.03. The Kier molecular flexibility index (Phi) is 3.95. The summed E-state index contributed by atoms with van der Waals surface area (Å²) in [6.45, 7) is 8.55. The molecular weight excluding hydrogens is 179 g/mol. The van der Waals surface area contributed by atoms with Gasteiger partial charge in [-0.25, -0.2) is 0 Å². The molecule has 2 N–H and O–H groups in total. The number of rotatable bonds is 3. The molecule has 1 aliphatic heterocycles. The third kappa shape index (κ3) is 2.32. The smallest absolute Gasteiger partial charge is 0.0401 e. The second-order valence-corrected chi connectivity index (χ2v) is 3.86. The van der Waals surface area contributed by atoms with E-state index in [2.05, 4.69) is 40.6 Å². The zero-order valence-electron chi connectivity index (χ0n) is 8.70. The van der Waals surface area contributed by atoms with Gasteiger partial charge in [-0.2, -0.15) is 0 Å². The molecule has 1 rings (SSSR count). The first-order chi connectivity index (χ1) is 6.20. The van der Waals surface area contributed by atoms with Crippen molar-refractivity contribution >= 4 is 9.39 Å². The molecule has 0 aliphatic carbocycles. The Balaban J connectivity index is 2.85. The van der Waals surface area contributed by atoms with E-state index in [0.717, 1.165) is 19.5 Å². The number of nitrogens with one attached hydrogen (secondary N) is 2. The molecule has 0 radical (unpaired) electrons. The lowest BCUT2D eigenvalue weighted by Crippen LogP contribution is -2.16. The fraction of sp³-hybridized carbons (Fsp3) is 0.600. The molecule has 3 heteroatoms. The van der Waals surface area contributed by atoms with Gasteiger partial charge >= 0.3 is 0 Å². The molecule has 0 bridgehead atoms. The SMILES string of the molecule is CC/C(C)=C1/CNC(CNP)=C1C. The van der Waals surface area contributed by atoms with Crippen LogP contribution in [0, 0.1) is 0 Å². The van der Waals surface area contributed by atoms with Crippen LogP contribution in [0.15, 0.2) is 22.4 Å². The average molecular weight is 198 g/mol. The van der Waals surface area contributed by atoms with Crippen molar-refractivity contribution in [3.63, 3.8) is 0 Å². The normalized spacial score (nSPS) is 20.6. The van der Waals surface area contributed by atoms with E-state index in [1.165, 1.54) is 22.4 Å². The first-order valence-electron chi connectivity index (χ1n) is 4.76. The second kappa shape index (κ2) is 4.78. The molecule has 1 unspecified atom stereocenters. The highest BCUT2D eigenvalue weighted by Crippen LogP contribution is 2.23. The van der Waals surface area contributed by atoms with Crippen molar-refractivity contribution < 1.29 is 0 Å². The van der Waals surface area contributed by atoms with Crippen molar-refractivity contribution in [2.45, 2.75) is 27.2 Å². The first-order valence-corrected chi connectivity index (χ1v) is 5.34. The van der Waals surface area contributed by atoms with Crippen molar-refractivity contribution in [1.82, 2.24) is 10.4 Å². The van der Waals surface area contributed by atoms with Gasteiger partial charge < -0.3 is 5.32 Å². The van der Waals surface area contributed by atoms with Gasteiger partial charge in [0.05, 0.1) is 0 Å². The van der Waals surface area contributed by atoms with E-state index in [9.17, 15) is 0 Å². The minimum atomic E-state index is 0.914. The van der Waals surface area contributed by atoms with E-state index in [1.807, 2.05) is 0 Å². The monoisotopic (exact) mass is 198 g/mol. The molecule has 0 aromatic carbocycles. The molecule has 0 saturated carbocycles. The summed E-state index contributed by atoms with van der Waals surface area (Å²) in [6, 6.07) is 0. The van der Waals surface area contributed by atoms with Gasteiger partial charge in [-0.1, -0.05) is 21.9 Å². The number of allylic oxidation sites excluding steroid dienone is 1. The molecule has 0 aromatic heterocycles. The molecule has 0 amide bonds. The van der Waals surface area contributed by atoms with E-state index in [0.29, 0.717) is 0 Å². The number of hydrogen-bond donors (Lipinski definition) is 2. The Labute approximate surface area is 83.1 Å². The highest BCUT2D eigenvalue weighted by molar-refractivity contribution is 7.13. The first kappa shape index (κ1) is 10.7. The van der Waals surface area contributed by atoms with E-state index in [4.69, 9.17) is 0 Å². The van der Waals surface area contributed by atoms with Gasteiger partial charge in [-0.05, 0) is 31.4 Å². The zero-order valence-corrected chi connectivity index (χ0v) is 9.85. The van der Waals surface area contributed by atoms with Gasteiger partial charge in [0, 0.05) is 18.8 Å². The summed E-state index contributed by atoms with van der Waals surface area (Å²) in [6.07, 6.45) is 1.15. The molecule has 0 aromatic rings. The quantitative estimate of drug-likeness (QED) is 0.677. The molecule has 1 atom stereocenters. The van der Waals surface area contributed by atoms with Crippen LogP contribution in [0.2, 0.25) is 0 Å². The summed E-state index contributed by atoms with van der Waals surface area (Å²) >= 11 is 0. The molecule has 0 spiro atoms. The highest BCUT2D eigenvalue weighted by Gasteiger charge is 2.15. The van der Waals surface area contributed by atoms with Crippen LogP contribution < -0.4 is 10.4 Å². The van der Waals surface area contributed by atoms with Crippen molar-refractivity contribution in [2.24, 2.45) is 0 Å². The van der Waals surface area contributed by atoms with Crippen LogP contribution in [0.1, 0.15) is 27.2 Å². The Hall–Kier alpha value is -0.330. The Morgan fingerprint density at radius 2 is 2.31 bits per heavy atom. The van der Waals surface area contributed by atoms with Gasteiger partial charge in [0.1, 0.15) is 0 Å². The van der Waals surface area contributed by atoms with E-state index >= 15 is 0 Å². The van der Waals surface area contributed by atoms with Crippen LogP contribution in [0.3, 0.4) is 0 Å². The van der Waals surface area contributed by atoms with Gasteiger partial charge in [0.25, 0.3) is 0 Å². The summed E-state index contributed by atoms with van der Waals surface area (Å²) in [4.78, 5) is 0. The van der Waals surface area contributed by atoms with Crippen molar-refractivity contribution in [2.75, 3.05) is 13.1 Å². The summed E-state index contributed by atoms with van der Waals surface area (Å²) in [5, 5.41) is 6.51. The fourth-order valence-electron chi connectivity index (χ4n) is 1.62. The molecule has 1 aliphatic rings. The summed E-state index contributed by atoms with van der Waals surface area (Å²) in [5.41, 5.74) is 5.76. The predicted octanol–water partition coefficient (Wildman–Crippen LogP) is 1.97. The lowest BCUT2D eigenvalue weighted by atomic mass is 10.0.